The first kappa shape index (κ1) is 25.4. The van der Waals surface area contributed by atoms with Crippen molar-refractivity contribution in [2.24, 2.45) is 0 Å². The van der Waals surface area contributed by atoms with Crippen LogP contribution >= 0.6 is 23.2 Å². The minimum Gasteiger partial charge on any atom is -0.316 e. The highest BCUT2D eigenvalue weighted by Gasteiger charge is 2.40. The van der Waals surface area contributed by atoms with Crippen LogP contribution in [0.25, 0.3) is 33.2 Å². The molecule has 2 nitrogen and oxygen atoms in total. The molecule has 6 heteroatoms. The van der Waals surface area contributed by atoms with Gasteiger partial charge in [-0.25, -0.2) is 8.78 Å². The van der Waals surface area contributed by atoms with Crippen LogP contribution in [0.15, 0.2) is 97.3 Å². The summed E-state index contributed by atoms with van der Waals surface area (Å²) < 4.78 is 31.9. The molecule has 0 radical (unpaired) electrons. The van der Waals surface area contributed by atoms with Gasteiger partial charge in [0.15, 0.2) is 0 Å². The van der Waals surface area contributed by atoms with E-state index in [1.54, 1.807) is 24.3 Å². The minimum atomic E-state index is -0.305. The molecule has 0 spiro atoms. The Kier molecular flexibility index (Phi) is 6.21. The molecule has 0 unspecified atom stereocenters. The predicted molar refractivity (Wildman–Crippen MR) is 160 cm³/mol. The van der Waals surface area contributed by atoms with Crippen LogP contribution in [0.1, 0.15) is 43.2 Å². The number of benzene rings is 4. The molecule has 7 rings (SSSR count). The number of rotatable bonds is 4. The molecule has 1 aliphatic carbocycles. The van der Waals surface area contributed by atoms with Crippen molar-refractivity contribution in [3.05, 3.63) is 130 Å². The Hall–Kier alpha value is -3.60. The third-order valence-corrected chi connectivity index (χ3v) is 8.95. The Morgan fingerprint density at radius 1 is 0.550 bits per heavy atom. The number of hydrogen-bond acceptors (Lipinski definition) is 0. The number of halogens is 4. The molecule has 200 valence electrons. The molecular formula is C34H26Cl2F2N2. The van der Waals surface area contributed by atoms with Gasteiger partial charge in [-0.3, -0.25) is 0 Å². The summed E-state index contributed by atoms with van der Waals surface area (Å²) in [6, 6.07) is 25.2. The number of nitrogens with zero attached hydrogens (tertiary/aromatic N) is 2. The first-order valence-corrected chi connectivity index (χ1v) is 14.3. The van der Waals surface area contributed by atoms with E-state index in [0.29, 0.717) is 10.0 Å². The first-order chi connectivity index (χ1) is 19.4. The Morgan fingerprint density at radius 3 is 1.40 bits per heavy atom. The standard InChI is InChI=1S/C34H26Cl2F2N2/c35-22-4-14-32-28(18-22)30(20-39(32)26-10-6-24(37)7-11-26)34(16-2-1-3-17-34)31-21-40(27-12-8-25(38)9-13-27)33-15-5-23(36)19-29(31)33/h4-15,18-21H,1-3,16-17H2. The van der Waals surface area contributed by atoms with E-state index in [1.165, 1.54) is 41.8 Å². The summed E-state index contributed by atoms with van der Waals surface area (Å²) in [5, 5.41) is 3.52. The summed E-state index contributed by atoms with van der Waals surface area (Å²) >= 11 is 13.2. The van der Waals surface area contributed by atoms with Gasteiger partial charge in [0, 0.05) is 50.0 Å². The van der Waals surface area contributed by atoms with Gasteiger partial charge in [0.05, 0.1) is 11.0 Å². The van der Waals surface area contributed by atoms with Crippen molar-refractivity contribution in [3.63, 3.8) is 0 Å². The fourth-order valence-corrected chi connectivity index (χ4v) is 6.98. The SMILES string of the molecule is Fc1ccc(-n2cc(C3(c4cn(-c5ccc(F)cc5)c5ccc(Cl)cc45)CCCCC3)c3cc(Cl)ccc32)cc1. The van der Waals surface area contributed by atoms with Crippen LogP contribution in [0.3, 0.4) is 0 Å². The third-order valence-electron chi connectivity index (χ3n) is 8.48. The van der Waals surface area contributed by atoms with Gasteiger partial charge in [-0.2, -0.15) is 0 Å². The maximum absolute atomic E-state index is 13.8. The molecule has 2 heterocycles. The maximum Gasteiger partial charge on any atom is 0.123 e. The van der Waals surface area contributed by atoms with Crippen LogP contribution in [0.4, 0.5) is 8.78 Å². The molecule has 0 aliphatic heterocycles. The normalized spacial score (nSPS) is 15.2. The second kappa shape index (κ2) is 9.79. The summed E-state index contributed by atoms with van der Waals surface area (Å²) in [5.41, 5.74) is 5.93. The Labute approximate surface area is 241 Å². The highest BCUT2D eigenvalue weighted by Crippen LogP contribution is 2.51. The van der Waals surface area contributed by atoms with E-state index in [9.17, 15) is 8.78 Å². The van der Waals surface area contributed by atoms with Crippen LogP contribution in [0.2, 0.25) is 10.0 Å². The Bertz CT molecular complexity index is 1730. The van der Waals surface area contributed by atoms with Crippen LogP contribution in [-0.4, -0.2) is 9.13 Å². The molecule has 2 aromatic heterocycles. The molecular weight excluding hydrogens is 545 g/mol. The van der Waals surface area contributed by atoms with Crippen molar-refractivity contribution in [1.82, 2.24) is 9.13 Å². The average molecular weight is 571 g/mol. The van der Waals surface area contributed by atoms with Crippen LogP contribution < -0.4 is 0 Å². The summed E-state index contributed by atoms with van der Waals surface area (Å²) in [6.07, 6.45) is 9.72. The predicted octanol–water partition coefficient (Wildman–Crippen LogP) is 10.4. The lowest BCUT2D eigenvalue weighted by Crippen LogP contribution is -2.30. The lowest BCUT2D eigenvalue weighted by Gasteiger charge is -2.38. The molecule has 0 bridgehead atoms. The largest absolute Gasteiger partial charge is 0.316 e. The van der Waals surface area contributed by atoms with E-state index < -0.39 is 0 Å². The minimum absolute atomic E-state index is 0.266. The van der Waals surface area contributed by atoms with Crippen molar-refractivity contribution in [1.29, 1.82) is 0 Å². The van der Waals surface area contributed by atoms with Crippen molar-refractivity contribution in [2.75, 3.05) is 0 Å². The molecule has 40 heavy (non-hydrogen) atoms. The van der Waals surface area contributed by atoms with Crippen LogP contribution in [0.5, 0.6) is 0 Å². The van der Waals surface area contributed by atoms with Crippen molar-refractivity contribution < 1.29 is 8.78 Å². The monoisotopic (exact) mass is 570 g/mol. The summed E-state index contributed by atoms with van der Waals surface area (Å²) in [6.45, 7) is 0. The average Bonchev–Trinajstić information content (AvgIpc) is 3.53. The van der Waals surface area contributed by atoms with Gasteiger partial charge in [0.1, 0.15) is 11.6 Å². The van der Waals surface area contributed by atoms with Crippen molar-refractivity contribution in [3.8, 4) is 11.4 Å². The van der Waals surface area contributed by atoms with Gasteiger partial charge in [0.25, 0.3) is 0 Å². The fourth-order valence-electron chi connectivity index (χ4n) is 6.64. The molecule has 6 aromatic rings. The van der Waals surface area contributed by atoms with Gasteiger partial charge >= 0.3 is 0 Å². The molecule has 1 aliphatic rings. The Balaban J connectivity index is 1.53. The number of hydrogen-bond donors (Lipinski definition) is 0. The lowest BCUT2D eigenvalue weighted by molar-refractivity contribution is 0.350. The zero-order valence-corrected chi connectivity index (χ0v) is 23.2. The van der Waals surface area contributed by atoms with E-state index in [2.05, 4.69) is 33.7 Å². The number of fused-ring (bicyclic) bond motifs is 2. The van der Waals surface area contributed by atoms with E-state index in [4.69, 9.17) is 23.2 Å². The van der Waals surface area contributed by atoms with Crippen molar-refractivity contribution in [2.45, 2.75) is 37.5 Å². The first-order valence-electron chi connectivity index (χ1n) is 13.6. The molecule has 0 N–H and O–H groups in total. The van der Waals surface area contributed by atoms with Crippen molar-refractivity contribution >= 4 is 45.0 Å². The van der Waals surface area contributed by atoms with E-state index in [1.807, 2.05) is 24.3 Å². The molecule has 0 atom stereocenters. The molecule has 0 amide bonds. The summed E-state index contributed by atoms with van der Waals surface area (Å²) in [7, 11) is 0. The third kappa shape index (κ3) is 4.13. The van der Waals surface area contributed by atoms with Gasteiger partial charge in [-0.1, -0.05) is 42.5 Å². The van der Waals surface area contributed by atoms with E-state index >= 15 is 0 Å². The zero-order valence-electron chi connectivity index (χ0n) is 21.7. The molecule has 1 saturated carbocycles. The summed E-state index contributed by atoms with van der Waals surface area (Å²) in [5.74, 6) is -0.532. The quantitative estimate of drug-likeness (QED) is 0.199. The maximum atomic E-state index is 13.8. The highest BCUT2D eigenvalue weighted by molar-refractivity contribution is 6.31. The van der Waals surface area contributed by atoms with Gasteiger partial charge in [-0.15, -0.1) is 0 Å². The van der Waals surface area contributed by atoms with Crippen LogP contribution in [-0.2, 0) is 5.41 Å². The topological polar surface area (TPSA) is 9.86 Å². The van der Waals surface area contributed by atoms with E-state index in [-0.39, 0.29) is 17.0 Å². The number of aromatic nitrogens is 2. The lowest BCUT2D eigenvalue weighted by atomic mass is 9.65. The summed E-state index contributed by atoms with van der Waals surface area (Å²) in [4.78, 5) is 0. The van der Waals surface area contributed by atoms with E-state index in [0.717, 1.165) is 58.9 Å². The second-order valence-electron chi connectivity index (χ2n) is 10.7. The van der Waals surface area contributed by atoms with Gasteiger partial charge < -0.3 is 9.13 Å². The molecule has 4 aromatic carbocycles. The molecule has 1 fully saturated rings. The molecule has 0 saturated heterocycles. The van der Waals surface area contributed by atoms with Crippen LogP contribution in [0, 0.1) is 11.6 Å². The van der Waals surface area contributed by atoms with Gasteiger partial charge in [-0.05, 0) is 109 Å². The van der Waals surface area contributed by atoms with Gasteiger partial charge in [0.2, 0.25) is 0 Å². The zero-order chi connectivity index (χ0) is 27.4. The second-order valence-corrected chi connectivity index (χ2v) is 11.6. The fraction of sp³-hybridized carbons (Fsp3) is 0.176. The highest BCUT2D eigenvalue weighted by atomic mass is 35.5. The smallest absolute Gasteiger partial charge is 0.123 e. The Morgan fingerprint density at radius 2 is 0.975 bits per heavy atom.